The Balaban J connectivity index is 0.000000298. The number of nitrogens with zero attached hydrogens (tertiary/aromatic N) is 2. The molecule has 220 valence electrons. The van der Waals surface area contributed by atoms with Crippen LogP contribution in [0.1, 0.15) is 34.7 Å². The lowest BCUT2D eigenvalue weighted by Gasteiger charge is -2.18. The smallest absolute Gasteiger partial charge is 0.390 e. The highest BCUT2D eigenvalue weighted by atomic mass is 19.4. The molecule has 1 aliphatic rings. The number of rotatable bonds is 8. The Kier molecular flexibility index (Phi) is 10.0. The lowest BCUT2D eigenvalue weighted by atomic mass is 9.97. The lowest BCUT2D eigenvalue weighted by molar-refractivity contribution is -0.136. The average molecular weight is 586 g/mol. The predicted molar refractivity (Wildman–Crippen MR) is 136 cm³/mol. The molecule has 0 bridgehead atoms. The van der Waals surface area contributed by atoms with Crippen molar-refractivity contribution in [2.75, 3.05) is 18.6 Å². The number of hydrogen-bond acceptors (Lipinski definition) is 5. The minimum atomic E-state index is -4.39. The summed E-state index contributed by atoms with van der Waals surface area (Å²) in [6, 6.07) is 12.3. The highest BCUT2D eigenvalue weighted by Crippen LogP contribution is 2.33. The van der Waals surface area contributed by atoms with Crippen LogP contribution in [-0.2, 0) is 11.3 Å². The van der Waals surface area contributed by atoms with E-state index in [1.807, 2.05) is 0 Å². The summed E-state index contributed by atoms with van der Waals surface area (Å²) in [6.45, 7) is -3.32. The molecular weight excluding hydrogens is 560 g/mol. The molecule has 2 heterocycles. The predicted octanol–water partition coefficient (Wildman–Crippen LogP) is 4.86. The zero-order valence-electron chi connectivity index (χ0n) is 21.5. The Labute approximate surface area is 229 Å². The molecule has 14 heteroatoms. The van der Waals surface area contributed by atoms with E-state index < -0.39 is 49.0 Å². The van der Waals surface area contributed by atoms with E-state index in [0.29, 0.717) is 11.3 Å². The van der Waals surface area contributed by atoms with Crippen molar-refractivity contribution in [2.45, 2.75) is 38.1 Å². The normalized spacial score (nSPS) is 15.0. The number of benzene rings is 2. The average Bonchev–Trinajstić information content (AvgIpc) is 3.28. The fourth-order valence-corrected chi connectivity index (χ4v) is 4.07. The van der Waals surface area contributed by atoms with Crippen molar-refractivity contribution in [2.24, 2.45) is 5.73 Å². The molecule has 2 amide bonds. The molecule has 1 atom stereocenters. The third-order valence-corrected chi connectivity index (χ3v) is 6.06. The second-order valence-electron chi connectivity index (χ2n) is 8.82. The summed E-state index contributed by atoms with van der Waals surface area (Å²) in [5, 5.41) is 0. The topological polar surface area (TPSA) is 104 Å². The molecule has 4 rings (SSSR count). The van der Waals surface area contributed by atoms with Gasteiger partial charge in [0.15, 0.2) is 0 Å². The minimum absolute atomic E-state index is 0.000000000000000444. The van der Waals surface area contributed by atoms with Crippen LogP contribution in [0, 0.1) is 5.82 Å². The van der Waals surface area contributed by atoms with Crippen molar-refractivity contribution in [3.8, 4) is 11.5 Å². The highest BCUT2D eigenvalue weighted by molar-refractivity contribution is 5.96. The van der Waals surface area contributed by atoms with E-state index in [1.54, 1.807) is 6.07 Å². The van der Waals surface area contributed by atoms with E-state index in [9.17, 15) is 40.7 Å². The molecule has 1 aromatic heterocycles. The molecule has 1 aliphatic heterocycles. The lowest BCUT2D eigenvalue weighted by Crippen LogP contribution is -2.33. The van der Waals surface area contributed by atoms with Crippen LogP contribution in [0.2, 0.25) is 0 Å². The van der Waals surface area contributed by atoms with Gasteiger partial charge in [-0.1, -0.05) is 6.07 Å². The van der Waals surface area contributed by atoms with E-state index in [1.165, 1.54) is 66.7 Å². The SMILES string of the molecule is COc1ccc(C2CC(=O)N(c3cccn(CCC(F)(F)F)c3=O)C2)c(F)c1.NC(=O)c1ccc(OC(F)F)cc1. The van der Waals surface area contributed by atoms with Gasteiger partial charge in [0.1, 0.15) is 23.0 Å². The number of amides is 2. The minimum Gasteiger partial charge on any atom is -0.497 e. The summed E-state index contributed by atoms with van der Waals surface area (Å²) < 4.78 is 84.9. The molecular formula is C27H25F6N3O5. The van der Waals surface area contributed by atoms with Gasteiger partial charge in [-0.05, 0) is 48.0 Å². The molecule has 0 aliphatic carbocycles. The number of methoxy groups -OCH3 is 1. The third kappa shape index (κ3) is 8.50. The standard InChI is InChI=1S/C19H18F4N2O3.C8H7F2NO2/c1-28-13-4-5-14(15(20)10-13)12-9-17(26)25(11-12)16-3-2-7-24(18(16)27)8-6-19(21,22)23;9-8(10)13-6-3-1-5(2-4-6)7(11)12/h2-5,7,10,12H,6,8-9,11H2,1H3;1-4,8H,(H2,11,12). The van der Waals surface area contributed by atoms with Gasteiger partial charge in [-0.2, -0.15) is 22.0 Å². The zero-order chi connectivity index (χ0) is 30.3. The Hall–Kier alpha value is -4.49. The van der Waals surface area contributed by atoms with Gasteiger partial charge >= 0.3 is 12.8 Å². The van der Waals surface area contributed by atoms with E-state index in [4.69, 9.17) is 10.5 Å². The first-order valence-corrected chi connectivity index (χ1v) is 12.0. The van der Waals surface area contributed by atoms with Crippen molar-refractivity contribution < 1.29 is 45.4 Å². The molecule has 0 spiro atoms. The molecule has 0 radical (unpaired) electrons. The summed E-state index contributed by atoms with van der Waals surface area (Å²) in [6.07, 6.45) is -4.29. The molecule has 41 heavy (non-hydrogen) atoms. The molecule has 2 aromatic carbocycles. The van der Waals surface area contributed by atoms with Crippen molar-refractivity contribution in [1.82, 2.24) is 4.57 Å². The number of hydrogen-bond donors (Lipinski definition) is 1. The second kappa shape index (κ2) is 13.2. The van der Waals surface area contributed by atoms with Gasteiger partial charge in [0.25, 0.3) is 5.56 Å². The van der Waals surface area contributed by atoms with Crippen LogP contribution in [-0.4, -0.2) is 42.8 Å². The zero-order valence-corrected chi connectivity index (χ0v) is 21.5. The van der Waals surface area contributed by atoms with Gasteiger partial charge in [-0.25, -0.2) is 4.39 Å². The van der Waals surface area contributed by atoms with Gasteiger partial charge in [0.05, 0.1) is 13.5 Å². The fraction of sp³-hybridized carbons (Fsp3) is 0.296. The Morgan fingerprint density at radius 1 is 1.07 bits per heavy atom. The summed E-state index contributed by atoms with van der Waals surface area (Å²) >= 11 is 0. The number of ether oxygens (including phenoxy) is 2. The number of anilines is 1. The first kappa shape index (κ1) is 31.0. The van der Waals surface area contributed by atoms with E-state index in [0.717, 1.165) is 4.57 Å². The van der Waals surface area contributed by atoms with E-state index in [2.05, 4.69) is 4.74 Å². The number of aryl methyl sites for hydroxylation is 1. The quantitative estimate of drug-likeness (QED) is 0.381. The van der Waals surface area contributed by atoms with Gasteiger partial charge in [0, 0.05) is 43.3 Å². The maximum atomic E-state index is 14.3. The van der Waals surface area contributed by atoms with Crippen LogP contribution in [0.4, 0.5) is 32.0 Å². The first-order chi connectivity index (χ1) is 19.3. The molecule has 0 saturated carbocycles. The van der Waals surface area contributed by atoms with Crippen LogP contribution in [0.5, 0.6) is 11.5 Å². The van der Waals surface area contributed by atoms with Gasteiger partial charge in [-0.15, -0.1) is 0 Å². The van der Waals surface area contributed by atoms with E-state index in [-0.39, 0.29) is 35.9 Å². The van der Waals surface area contributed by atoms with Crippen LogP contribution >= 0.6 is 0 Å². The molecule has 2 N–H and O–H groups in total. The number of alkyl halides is 5. The first-order valence-electron chi connectivity index (χ1n) is 12.0. The number of carbonyl (C=O) groups excluding carboxylic acids is 2. The van der Waals surface area contributed by atoms with Crippen molar-refractivity contribution in [1.29, 1.82) is 0 Å². The van der Waals surface area contributed by atoms with Crippen LogP contribution in [0.25, 0.3) is 0 Å². The number of aromatic nitrogens is 1. The Morgan fingerprint density at radius 3 is 2.29 bits per heavy atom. The van der Waals surface area contributed by atoms with Crippen molar-refractivity contribution in [3.63, 3.8) is 0 Å². The van der Waals surface area contributed by atoms with Gasteiger partial charge in [0.2, 0.25) is 11.8 Å². The maximum Gasteiger partial charge on any atom is 0.390 e. The summed E-state index contributed by atoms with van der Waals surface area (Å²) in [5.41, 5.74) is 4.82. The van der Waals surface area contributed by atoms with Gasteiger partial charge in [-0.3, -0.25) is 14.4 Å². The van der Waals surface area contributed by atoms with E-state index >= 15 is 0 Å². The highest BCUT2D eigenvalue weighted by Gasteiger charge is 2.35. The molecule has 1 fully saturated rings. The largest absolute Gasteiger partial charge is 0.497 e. The summed E-state index contributed by atoms with van der Waals surface area (Å²) in [5.74, 6) is -1.64. The van der Waals surface area contributed by atoms with Gasteiger partial charge < -0.3 is 24.7 Å². The summed E-state index contributed by atoms with van der Waals surface area (Å²) in [4.78, 5) is 36.7. The number of carbonyl (C=O) groups is 2. The summed E-state index contributed by atoms with van der Waals surface area (Å²) in [7, 11) is 1.41. The van der Waals surface area contributed by atoms with Crippen LogP contribution in [0.3, 0.4) is 0 Å². The Morgan fingerprint density at radius 2 is 1.73 bits per heavy atom. The molecule has 3 aromatic rings. The Bertz CT molecular complexity index is 1430. The number of primary amides is 1. The number of nitrogens with two attached hydrogens (primary N) is 1. The monoisotopic (exact) mass is 585 g/mol. The fourth-order valence-electron chi connectivity index (χ4n) is 4.07. The molecule has 8 nitrogen and oxygen atoms in total. The molecule has 1 unspecified atom stereocenters. The number of pyridine rings is 1. The van der Waals surface area contributed by atoms with Crippen molar-refractivity contribution in [3.05, 3.63) is 88.1 Å². The van der Waals surface area contributed by atoms with Crippen LogP contribution in [0.15, 0.2) is 65.6 Å². The van der Waals surface area contributed by atoms with Crippen molar-refractivity contribution >= 4 is 17.5 Å². The number of halogens is 6. The third-order valence-electron chi connectivity index (χ3n) is 6.06. The maximum absolute atomic E-state index is 14.3. The van der Waals surface area contributed by atoms with Crippen LogP contribution < -0.4 is 25.7 Å². The second-order valence-corrected chi connectivity index (χ2v) is 8.82. The molecule has 1 saturated heterocycles.